The molecular formula is C21H27N3O4. The normalized spacial score (nSPS) is 18.9. The minimum Gasteiger partial charge on any atom is -0.495 e. The van der Waals surface area contributed by atoms with E-state index in [4.69, 9.17) is 14.2 Å². The van der Waals surface area contributed by atoms with Crippen LogP contribution in [0.1, 0.15) is 50.8 Å². The zero-order valence-electron chi connectivity index (χ0n) is 16.8. The number of methoxy groups -OCH3 is 1. The fourth-order valence-electron chi connectivity index (χ4n) is 3.01. The Hall–Kier alpha value is -2.67. The molecule has 1 aliphatic carbocycles. The largest absolute Gasteiger partial charge is 0.495 e. The summed E-state index contributed by atoms with van der Waals surface area (Å²) in [5.74, 6) is 1.14. The van der Waals surface area contributed by atoms with E-state index in [1.54, 1.807) is 33.9 Å². The van der Waals surface area contributed by atoms with Gasteiger partial charge in [0.15, 0.2) is 5.82 Å². The molecule has 1 N–H and O–H groups in total. The van der Waals surface area contributed by atoms with Gasteiger partial charge < -0.3 is 14.2 Å². The summed E-state index contributed by atoms with van der Waals surface area (Å²) in [7, 11) is 1.58. The van der Waals surface area contributed by atoms with Crippen molar-refractivity contribution in [2.45, 2.75) is 57.8 Å². The zero-order chi connectivity index (χ0) is 20.1. The summed E-state index contributed by atoms with van der Waals surface area (Å²) in [5, 5.41) is 11.0. The van der Waals surface area contributed by atoms with Gasteiger partial charge in [-0.15, -0.1) is 10.2 Å². The van der Waals surface area contributed by atoms with Crippen LogP contribution in [0.2, 0.25) is 0 Å². The first kappa shape index (κ1) is 20.1. The number of carbonyl (C=O) groups is 1. The fraction of sp³-hybridized carbons (Fsp3) is 0.476. The van der Waals surface area contributed by atoms with Crippen molar-refractivity contribution < 1.29 is 19.0 Å². The molecule has 2 aromatic rings. The van der Waals surface area contributed by atoms with Crippen LogP contribution in [0.25, 0.3) is 0 Å². The molecule has 1 aliphatic rings. The second-order valence-electron chi connectivity index (χ2n) is 7.90. The van der Waals surface area contributed by atoms with Crippen molar-refractivity contribution >= 4 is 11.9 Å². The minimum atomic E-state index is -0.581. The molecule has 0 aliphatic heterocycles. The van der Waals surface area contributed by atoms with Crippen molar-refractivity contribution in [3.8, 4) is 5.75 Å². The summed E-state index contributed by atoms with van der Waals surface area (Å²) in [6.07, 6.45) is 1.37. The van der Waals surface area contributed by atoms with E-state index in [9.17, 15) is 4.79 Å². The van der Waals surface area contributed by atoms with E-state index in [0.717, 1.165) is 18.5 Å². The Morgan fingerprint density at radius 3 is 2.54 bits per heavy atom. The van der Waals surface area contributed by atoms with Crippen LogP contribution < -0.4 is 10.1 Å². The first-order valence-corrected chi connectivity index (χ1v) is 9.41. The van der Waals surface area contributed by atoms with Crippen LogP contribution in [0.5, 0.6) is 5.75 Å². The number of anilines is 1. The quantitative estimate of drug-likeness (QED) is 0.798. The van der Waals surface area contributed by atoms with Crippen molar-refractivity contribution in [2.75, 3.05) is 12.4 Å². The standard InChI is InChI=1S/C21H27N3O4/c1-21(2,3)28-20(25)22-18-12-17(26-4)19(24-23-18)15-10-16(11-15)27-13-14-8-6-5-7-9-14/h5-9,12,15-16H,10-11,13H2,1-4H3,(H,22,23,25). The second kappa shape index (κ2) is 8.56. The van der Waals surface area contributed by atoms with Crippen LogP contribution in [0.15, 0.2) is 36.4 Å². The number of carbonyl (C=O) groups excluding carboxylic acids is 1. The molecule has 1 heterocycles. The van der Waals surface area contributed by atoms with Crippen LogP contribution in [-0.2, 0) is 16.1 Å². The molecule has 0 spiro atoms. The molecule has 7 heteroatoms. The predicted molar refractivity (Wildman–Crippen MR) is 105 cm³/mol. The van der Waals surface area contributed by atoms with Gasteiger partial charge in [0.1, 0.15) is 17.0 Å². The highest BCUT2D eigenvalue weighted by Gasteiger charge is 2.34. The zero-order valence-corrected chi connectivity index (χ0v) is 16.8. The molecule has 1 aromatic heterocycles. The molecule has 7 nitrogen and oxygen atoms in total. The van der Waals surface area contributed by atoms with Gasteiger partial charge in [0.25, 0.3) is 0 Å². The maximum Gasteiger partial charge on any atom is 0.413 e. The van der Waals surface area contributed by atoms with E-state index in [0.29, 0.717) is 18.2 Å². The lowest BCUT2D eigenvalue weighted by Gasteiger charge is -2.35. The van der Waals surface area contributed by atoms with E-state index in [-0.39, 0.29) is 12.0 Å². The number of hydrogen-bond acceptors (Lipinski definition) is 6. The molecule has 0 unspecified atom stereocenters. The van der Waals surface area contributed by atoms with Crippen LogP contribution >= 0.6 is 0 Å². The molecule has 0 atom stereocenters. The SMILES string of the molecule is COc1cc(NC(=O)OC(C)(C)C)nnc1C1CC(OCc2ccccc2)C1. The van der Waals surface area contributed by atoms with Crippen molar-refractivity contribution in [2.24, 2.45) is 0 Å². The number of benzene rings is 1. The summed E-state index contributed by atoms with van der Waals surface area (Å²) < 4.78 is 16.6. The number of nitrogens with zero attached hydrogens (tertiary/aromatic N) is 2. The first-order chi connectivity index (χ1) is 13.3. The van der Waals surface area contributed by atoms with Gasteiger partial charge in [-0.25, -0.2) is 4.79 Å². The van der Waals surface area contributed by atoms with Gasteiger partial charge >= 0.3 is 6.09 Å². The van der Waals surface area contributed by atoms with Crippen molar-refractivity contribution in [1.29, 1.82) is 0 Å². The summed E-state index contributed by atoms with van der Waals surface area (Å²) in [6, 6.07) is 11.8. The number of ether oxygens (including phenoxy) is 3. The van der Waals surface area contributed by atoms with Crippen molar-refractivity contribution in [3.05, 3.63) is 47.7 Å². The van der Waals surface area contributed by atoms with Crippen LogP contribution in [0.3, 0.4) is 0 Å². The summed E-state index contributed by atoms with van der Waals surface area (Å²) in [6.45, 7) is 6.01. The number of hydrogen-bond donors (Lipinski definition) is 1. The monoisotopic (exact) mass is 385 g/mol. The van der Waals surface area contributed by atoms with E-state index in [2.05, 4.69) is 27.6 Å². The number of rotatable bonds is 6. The predicted octanol–water partition coefficient (Wildman–Crippen LogP) is 4.30. The van der Waals surface area contributed by atoms with Gasteiger partial charge in [-0.1, -0.05) is 30.3 Å². The highest BCUT2D eigenvalue weighted by molar-refractivity contribution is 5.83. The average Bonchev–Trinajstić information content (AvgIpc) is 2.60. The average molecular weight is 385 g/mol. The third-order valence-corrected chi connectivity index (χ3v) is 4.44. The second-order valence-corrected chi connectivity index (χ2v) is 7.90. The lowest BCUT2D eigenvalue weighted by molar-refractivity contribution is -0.0220. The molecule has 0 saturated heterocycles. The molecule has 0 bridgehead atoms. The fourth-order valence-corrected chi connectivity index (χ4v) is 3.01. The van der Waals surface area contributed by atoms with Crippen LogP contribution in [0.4, 0.5) is 10.6 Å². The van der Waals surface area contributed by atoms with Crippen molar-refractivity contribution in [1.82, 2.24) is 10.2 Å². The molecule has 1 aromatic carbocycles. The van der Waals surface area contributed by atoms with Gasteiger partial charge in [0.05, 0.1) is 19.8 Å². The van der Waals surface area contributed by atoms with E-state index >= 15 is 0 Å². The van der Waals surface area contributed by atoms with Gasteiger partial charge in [0, 0.05) is 12.0 Å². The maximum absolute atomic E-state index is 11.9. The number of aromatic nitrogens is 2. The smallest absolute Gasteiger partial charge is 0.413 e. The van der Waals surface area contributed by atoms with Crippen molar-refractivity contribution in [3.63, 3.8) is 0 Å². The molecule has 28 heavy (non-hydrogen) atoms. The number of nitrogens with one attached hydrogen (secondary N) is 1. The molecule has 1 saturated carbocycles. The Bertz CT molecular complexity index is 799. The summed E-state index contributed by atoms with van der Waals surface area (Å²) in [4.78, 5) is 11.9. The summed E-state index contributed by atoms with van der Waals surface area (Å²) >= 11 is 0. The lowest BCUT2D eigenvalue weighted by Crippen LogP contribution is -2.31. The third-order valence-electron chi connectivity index (χ3n) is 4.44. The highest BCUT2D eigenvalue weighted by Crippen LogP contribution is 2.41. The van der Waals surface area contributed by atoms with E-state index < -0.39 is 11.7 Å². The van der Waals surface area contributed by atoms with Crippen LogP contribution in [-0.4, -0.2) is 35.1 Å². The molecule has 3 rings (SSSR count). The first-order valence-electron chi connectivity index (χ1n) is 9.41. The molecule has 0 radical (unpaired) electrons. The maximum atomic E-state index is 11.9. The summed E-state index contributed by atoms with van der Waals surface area (Å²) in [5.41, 5.74) is 1.38. The van der Waals surface area contributed by atoms with E-state index in [1.165, 1.54) is 5.56 Å². The minimum absolute atomic E-state index is 0.205. The molecular weight excluding hydrogens is 358 g/mol. The van der Waals surface area contributed by atoms with Crippen LogP contribution in [0, 0.1) is 0 Å². The molecule has 1 fully saturated rings. The Morgan fingerprint density at radius 2 is 1.89 bits per heavy atom. The topological polar surface area (TPSA) is 82.6 Å². The number of amides is 1. The van der Waals surface area contributed by atoms with Gasteiger partial charge in [0.2, 0.25) is 0 Å². The Balaban J connectivity index is 1.54. The Labute approximate surface area is 165 Å². The van der Waals surface area contributed by atoms with Gasteiger partial charge in [-0.3, -0.25) is 5.32 Å². The highest BCUT2D eigenvalue weighted by atomic mass is 16.6. The molecule has 150 valence electrons. The lowest BCUT2D eigenvalue weighted by atomic mass is 9.79. The van der Waals surface area contributed by atoms with E-state index in [1.807, 2.05) is 18.2 Å². The Morgan fingerprint density at radius 1 is 1.18 bits per heavy atom. The Kier molecular flexibility index (Phi) is 6.14. The van der Waals surface area contributed by atoms with Gasteiger partial charge in [-0.05, 0) is 39.2 Å². The molecule has 1 amide bonds. The van der Waals surface area contributed by atoms with Gasteiger partial charge in [-0.2, -0.15) is 0 Å². The third kappa shape index (κ3) is 5.42.